The minimum Gasteiger partial charge on any atom is -0.455 e. The van der Waals surface area contributed by atoms with Gasteiger partial charge in [-0.3, -0.25) is 14.4 Å². The number of hydrogen-bond donors (Lipinski definition) is 1. The van der Waals surface area contributed by atoms with Crippen LogP contribution in [0.25, 0.3) is 0 Å². The Hall–Kier alpha value is -2.77. The molecule has 0 aromatic heterocycles. The van der Waals surface area contributed by atoms with Gasteiger partial charge in [-0.05, 0) is 48.4 Å². The molecule has 0 bridgehead atoms. The van der Waals surface area contributed by atoms with E-state index in [0.717, 1.165) is 12.8 Å². The summed E-state index contributed by atoms with van der Waals surface area (Å²) < 4.78 is 11.1. The maximum Gasteiger partial charge on any atom is 0.347 e. The molecule has 0 amide bonds. The van der Waals surface area contributed by atoms with Crippen LogP contribution in [0, 0.1) is 22.7 Å². The number of hydrogen-bond acceptors (Lipinski definition) is 7. The molecule has 1 aromatic carbocycles. The second-order valence-corrected chi connectivity index (χ2v) is 11.9. The van der Waals surface area contributed by atoms with Crippen LogP contribution in [0.3, 0.4) is 0 Å². The summed E-state index contributed by atoms with van der Waals surface area (Å²) in [5, 5.41) is 12.0. The predicted molar refractivity (Wildman–Crippen MR) is 137 cm³/mol. The van der Waals surface area contributed by atoms with Crippen LogP contribution >= 0.6 is 11.6 Å². The molecule has 8 heteroatoms. The fourth-order valence-corrected chi connectivity index (χ4v) is 6.98. The number of aliphatic hydroxyl groups excluding tert-OH is 1. The van der Waals surface area contributed by atoms with Gasteiger partial charge in [-0.2, -0.15) is 0 Å². The van der Waals surface area contributed by atoms with Gasteiger partial charge in [-0.25, -0.2) is 4.79 Å². The van der Waals surface area contributed by atoms with Crippen molar-refractivity contribution >= 4 is 35.1 Å². The number of ketones is 2. The molecule has 198 valence electrons. The van der Waals surface area contributed by atoms with E-state index in [1.807, 2.05) is 20.8 Å². The zero-order valence-electron chi connectivity index (χ0n) is 22.0. The summed E-state index contributed by atoms with van der Waals surface area (Å²) >= 11 is 5.93. The number of allylic oxidation sites excluding steroid dienone is 2. The van der Waals surface area contributed by atoms with Crippen LogP contribution in [-0.2, 0) is 23.9 Å². The monoisotopic (exact) mass is 528 g/mol. The van der Waals surface area contributed by atoms with Crippen LogP contribution in [0.4, 0.5) is 0 Å². The van der Waals surface area contributed by atoms with Crippen molar-refractivity contribution in [1.82, 2.24) is 0 Å². The topological polar surface area (TPSA) is 107 Å². The molecule has 1 N–H and O–H groups in total. The SMILES string of the molecule is CC(=O)O[C@H]1C2=C(C(=O)C(C(=O)Oc3ccc(Cl)cc3)=C(C(C)C)C2=O)[C@@]2(C)CCCC(C)(C)[C@@H]2[C@@H]1O. The number of benzene rings is 1. The van der Waals surface area contributed by atoms with Gasteiger partial charge in [0.25, 0.3) is 0 Å². The van der Waals surface area contributed by atoms with Crippen molar-refractivity contribution in [3.63, 3.8) is 0 Å². The van der Waals surface area contributed by atoms with Crippen molar-refractivity contribution in [1.29, 1.82) is 0 Å². The van der Waals surface area contributed by atoms with Gasteiger partial charge in [0.05, 0.1) is 11.7 Å². The zero-order chi connectivity index (χ0) is 27.4. The van der Waals surface area contributed by atoms with Crippen LogP contribution in [0.15, 0.2) is 46.6 Å². The fraction of sp³-hybridized carbons (Fsp3) is 0.517. The fourth-order valence-electron chi connectivity index (χ4n) is 6.85. The van der Waals surface area contributed by atoms with Crippen molar-refractivity contribution in [2.45, 2.75) is 73.0 Å². The summed E-state index contributed by atoms with van der Waals surface area (Å²) in [6.07, 6.45) is -0.383. The molecule has 1 fully saturated rings. The molecule has 0 unspecified atom stereocenters. The highest BCUT2D eigenvalue weighted by atomic mass is 35.5. The summed E-state index contributed by atoms with van der Waals surface area (Å²) in [5.41, 5.74) is -1.51. The Morgan fingerprint density at radius 2 is 1.68 bits per heavy atom. The van der Waals surface area contributed by atoms with Crippen LogP contribution in [-0.4, -0.2) is 40.8 Å². The molecule has 0 radical (unpaired) electrons. The molecule has 0 heterocycles. The maximum atomic E-state index is 14.3. The Bertz CT molecular complexity index is 1240. The van der Waals surface area contributed by atoms with Crippen molar-refractivity contribution < 1.29 is 33.8 Å². The summed E-state index contributed by atoms with van der Waals surface area (Å²) in [6.45, 7) is 10.5. The number of carbonyl (C=O) groups excluding carboxylic acids is 4. The van der Waals surface area contributed by atoms with Gasteiger partial charge in [-0.1, -0.05) is 52.6 Å². The lowest BCUT2D eigenvalue weighted by molar-refractivity contribution is -0.166. The normalized spacial score (nSPS) is 29.2. The first-order chi connectivity index (χ1) is 17.2. The molecule has 3 aliphatic rings. The van der Waals surface area contributed by atoms with E-state index in [1.54, 1.807) is 26.0 Å². The number of carbonyl (C=O) groups is 4. The third kappa shape index (κ3) is 4.46. The average Bonchev–Trinajstić information content (AvgIpc) is 2.78. The van der Waals surface area contributed by atoms with Crippen molar-refractivity contribution in [2.75, 3.05) is 0 Å². The van der Waals surface area contributed by atoms with Gasteiger partial charge in [0.1, 0.15) is 11.3 Å². The summed E-state index contributed by atoms with van der Waals surface area (Å²) in [7, 11) is 0. The molecular weight excluding hydrogens is 496 g/mol. The Balaban J connectivity index is 1.91. The summed E-state index contributed by atoms with van der Waals surface area (Å²) in [4.78, 5) is 53.9. The molecule has 37 heavy (non-hydrogen) atoms. The second-order valence-electron chi connectivity index (χ2n) is 11.5. The molecular formula is C29H33ClO7. The number of esters is 2. The van der Waals surface area contributed by atoms with Gasteiger partial charge in [0, 0.05) is 34.4 Å². The molecule has 1 saturated carbocycles. The Kier molecular flexibility index (Phi) is 7.01. The first kappa shape index (κ1) is 27.3. The molecule has 4 atom stereocenters. The third-order valence-electron chi connectivity index (χ3n) is 8.13. The van der Waals surface area contributed by atoms with E-state index in [1.165, 1.54) is 19.1 Å². The van der Waals surface area contributed by atoms with Gasteiger partial charge >= 0.3 is 11.9 Å². The van der Waals surface area contributed by atoms with Gasteiger partial charge < -0.3 is 14.6 Å². The first-order valence-electron chi connectivity index (χ1n) is 12.6. The van der Waals surface area contributed by atoms with E-state index in [0.29, 0.717) is 11.4 Å². The van der Waals surface area contributed by atoms with E-state index >= 15 is 0 Å². The van der Waals surface area contributed by atoms with Gasteiger partial charge in [0.15, 0.2) is 17.7 Å². The summed E-state index contributed by atoms with van der Waals surface area (Å²) in [5.74, 6) is -3.58. The number of fused-ring (bicyclic) bond motifs is 2. The van der Waals surface area contributed by atoms with Gasteiger partial charge in [-0.15, -0.1) is 0 Å². The van der Waals surface area contributed by atoms with Crippen LogP contribution in [0.1, 0.15) is 60.8 Å². The van der Waals surface area contributed by atoms with Crippen molar-refractivity contribution in [3.8, 4) is 5.75 Å². The highest BCUT2D eigenvalue weighted by molar-refractivity contribution is 6.35. The number of ether oxygens (including phenoxy) is 2. The lowest BCUT2D eigenvalue weighted by Crippen LogP contribution is -2.60. The van der Waals surface area contributed by atoms with Crippen LogP contribution in [0.5, 0.6) is 5.75 Å². The molecule has 1 aromatic rings. The minimum atomic E-state index is -1.30. The Morgan fingerprint density at radius 3 is 2.24 bits per heavy atom. The lowest BCUT2D eigenvalue weighted by Gasteiger charge is -2.58. The van der Waals surface area contributed by atoms with E-state index < -0.39 is 58.4 Å². The average molecular weight is 529 g/mol. The smallest absolute Gasteiger partial charge is 0.347 e. The predicted octanol–water partition coefficient (Wildman–Crippen LogP) is 4.79. The minimum absolute atomic E-state index is 0.0100. The standard InChI is InChI=1S/C29H33ClO7/c1-14(2)18-19(27(35)37-17-10-8-16(30)9-11-17)23(33)21-20(22(18)32)25(36-15(3)31)24(34)26-28(4,5)12-7-13-29(21,26)6/h8-11,14,24-26,34H,7,12-13H2,1-6H3/t24-,25+,26+,29-/m1/s1. The van der Waals surface area contributed by atoms with Crippen molar-refractivity contribution in [2.24, 2.45) is 22.7 Å². The number of aliphatic hydroxyl groups is 1. The zero-order valence-corrected chi connectivity index (χ0v) is 22.8. The number of rotatable bonds is 4. The van der Waals surface area contributed by atoms with E-state index in [4.69, 9.17) is 21.1 Å². The Labute approximate surface area is 221 Å². The quantitative estimate of drug-likeness (QED) is 0.259. The van der Waals surface area contributed by atoms with E-state index in [2.05, 4.69) is 0 Å². The van der Waals surface area contributed by atoms with Crippen LogP contribution < -0.4 is 4.74 Å². The largest absolute Gasteiger partial charge is 0.455 e. The summed E-state index contributed by atoms with van der Waals surface area (Å²) in [6, 6.07) is 6.12. The molecule has 0 spiro atoms. The highest BCUT2D eigenvalue weighted by Crippen LogP contribution is 2.61. The van der Waals surface area contributed by atoms with E-state index in [9.17, 15) is 24.3 Å². The van der Waals surface area contributed by atoms with Gasteiger partial charge in [0.2, 0.25) is 0 Å². The highest BCUT2D eigenvalue weighted by Gasteiger charge is 2.62. The second kappa shape index (κ2) is 9.52. The molecule has 3 aliphatic carbocycles. The Morgan fingerprint density at radius 1 is 1.05 bits per heavy atom. The lowest BCUT2D eigenvalue weighted by atomic mass is 9.47. The molecule has 7 nitrogen and oxygen atoms in total. The van der Waals surface area contributed by atoms with E-state index in [-0.39, 0.29) is 28.0 Å². The van der Waals surface area contributed by atoms with Crippen LogP contribution in [0.2, 0.25) is 5.02 Å². The number of halogens is 1. The van der Waals surface area contributed by atoms with Crippen molar-refractivity contribution in [3.05, 3.63) is 51.6 Å². The third-order valence-corrected chi connectivity index (χ3v) is 8.39. The molecule has 0 aliphatic heterocycles. The molecule has 0 saturated heterocycles. The maximum absolute atomic E-state index is 14.3. The number of Topliss-reactive ketones (excluding diaryl/α,β-unsaturated/α-hetero) is 2. The first-order valence-corrected chi connectivity index (χ1v) is 13.0. The molecule has 4 rings (SSSR count).